The quantitative estimate of drug-likeness (QED) is 0.669. The Morgan fingerprint density at radius 1 is 1.24 bits per heavy atom. The number of para-hydroxylation sites is 1. The molecule has 0 bridgehead atoms. The molecule has 0 saturated carbocycles. The molecule has 3 aliphatic heterocycles. The summed E-state index contributed by atoms with van der Waals surface area (Å²) in [5.74, 6) is 0.895. The first-order valence-corrected chi connectivity index (χ1v) is 11.6. The Balaban J connectivity index is 1.34. The van der Waals surface area contributed by atoms with E-state index in [1.54, 1.807) is 13.2 Å². The number of aliphatic carboxylic acids is 1. The maximum atomic E-state index is 10.7. The number of carboxylic acids is 1. The number of ether oxygens (including phenoxy) is 3. The number of carbonyl (C=O) groups is 1. The normalized spacial score (nSPS) is 28.0. The lowest BCUT2D eigenvalue weighted by atomic mass is 9.74. The van der Waals surface area contributed by atoms with Gasteiger partial charge < -0.3 is 19.3 Å². The summed E-state index contributed by atoms with van der Waals surface area (Å²) < 4.78 is 18.8. The molecule has 6 heteroatoms. The SMILES string of the molecule is COc1cccc2c1OC(C)(C)[C@H]1C[C@@H]3[C@H](CCN3Cc3ccc(/C=C/C(=O)O)cc3)O[C@H]21. The third-order valence-electron chi connectivity index (χ3n) is 7.36. The first kappa shape index (κ1) is 22.0. The van der Waals surface area contributed by atoms with Gasteiger partial charge in [-0.2, -0.15) is 0 Å². The highest BCUT2D eigenvalue weighted by atomic mass is 16.5. The number of hydrogen-bond acceptors (Lipinski definition) is 5. The number of likely N-dealkylation sites (tertiary alicyclic amines) is 1. The summed E-state index contributed by atoms with van der Waals surface area (Å²) in [7, 11) is 1.68. The minimum Gasteiger partial charge on any atom is -0.493 e. The predicted molar refractivity (Wildman–Crippen MR) is 125 cm³/mol. The van der Waals surface area contributed by atoms with Crippen LogP contribution in [0.4, 0.5) is 0 Å². The lowest BCUT2D eigenvalue weighted by Crippen LogP contribution is -2.53. The average molecular weight is 450 g/mol. The zero-order chi connectivity index (χ0) is 23.2. The van der Waals surface area contributed by atoms with Crippen molar-refractivity contribution in [3.8, 4) is 11.5 Å². The van der Waals surface area contributed by atoms with Crippen molar-refractivity contribution in [2.24, 2.45) is 5.92 Å². The third kappa shape index (κ3) is 4.13. The van der Waals surface area contributed by atoms with E-state index in [9.17, 15) is 4.79 Å². The molecule has 2 saturated heterocycles. The molecule has 3 heterocycles. The topological polar surface area (TPSA) is 68.2 Å². The molecule has 3 aliphatic rings. The van der Waals surface area contributed by atoms with E-state index in [0.29, 0.717) is 6.04 Å². The number of carboxylic acid groups (broad SMARTS) is 1. The third-order valence-corrected chi connectivity index (χ3v) is 7.36. The second kappa shape index (κ2) is 8.50. The maximum Gasteiger partial charge on any atom is 0.328 e. The minimum atomic E-state index is -0.937. The second-order valence-electron chi connectivity index (χ2n) is 9.76. The van der Waals surface area contributed by atoms with Crippen LogP contribution in [0.2, 0.25) is 0 Å². The van der Waals surface area contributed by atoms with Gasteiger partial charge in [0.05, 0.1) is 19.3 Å². The summed E-state index contributed by atoms with van der Waals surface area (Å²) in [4.78, 5) is 13.3. The number of rotatable bonds is 5. The van der Waals surface area contributed by atoms with Crippen LogP contribution in [0.15, 0.2) is 48.5 Å². The molecule has 2 fully saturated rings. The van der Waals surface area contributed by atoms with E-state index in [4.69, 9.17) is 19.3 Å². The summed E-state index contributed by atoms with van der Waals surface area (Å²) in [6.07, 6.45) is 5.05. The Morgan fingerprint density at radius 2 is 2.03 bits per heavy atom. The molecule has 0 amide bonds. The molecule has 174 valence electrons. The molecule has 4 atom stereocenters. The molecule has 6 nitrogen and oxygen atoms in total. The number of nitrogens with zero attached hydrogens (tertiary/aromatic N) is 1. The molecule has 0 radical (unpaired) electrons. The fourth-order valence-corrected chi connectivity index (χ4v) is 5.65. The van der Waals surface area contributed by atoms with E-state index in [1.807, 2.05) is 24.3 Å². The van der Waals surface area contributed by atoms with Crippen molar-refractivity contribution in [1.29, 1.82) is 0 Å². The molecule has 0 spiro atoms. The standard InChI is InChI=1S/C27H31NO5/c1-27(2)20-15-21-22(32-25(20)19-5-4-6-23(31-3)26(19)33-27)13-14-28(21)16-18-9-7-17(8-10-18)11-12-24(29)30/h4-12,20-22,25H,13-16H2,1-3H3,(H,29,30)/b12-11+/t20-,21+,22-,25+/m0/s1. The first-order chi connectivity index (χ1) is 15.9. The smallest absolute Gasteiger partial charge is 0.328 e. The number of methoxy groups -OCH3 is 1. The van der Waals surface area contributed by atoms with Gasteiger partial charge in [0, 0.05) is 36.7 Å². The van der Waals surface area contributed by atoms with Gasteiger partial charge >= 0.3 is 5.97 Å². The van der Waals surface area contributed by atoms with E-state index in [1.165, 1.54) is 5.56 Å². The van der Waals surface area contributed by atoms with E-state index >= 15 is 0 Å². The average Bonchev–Trinajstić information content (AvgIpc) is 3.19. The van der Waals surface area contributed by atoms with Crippen LogP contribution < -0.4 is 9.47 Å². The second-order valence-corrected chi connectivity index (χ2v) is 9.76. The zero-order valence-corrected chi connectivity index (χ0v) is 19.4. The van der Waals surface area contributed by atoms with E-state index < -0.39 is 5.97 Å². The van der Waals surface area contributed by atoms with Gasteiger partial charge in [-0.1, -0.05) is 36.4 Å². The zero-order valence-electron chi connectivity index (χ0n) is 19.4. The lowest BCUT2D eigenvalue weighted by molar-refractivity contribution is -0.163. The number of fused-ring (bicyclic) bond motifs is 4. The van der Waals surface area contributed by atoms with Crippen molar-refractivity contribution < 1.29 is 24.1 Å². The summed E-state index contributed by atoms with van der Waals surface area (Å²) in [6, 6.07) is 14.5. The molecule has 5 rings (SSSR count). The van der Waals surface area contributed by atoms with E-state index in [-0.39, 0.29) is 23.7 Å². The van der Waals surface area contributed by atoms with Gasteiger partial charge in [0.25, 0.3) is 0 Å². The van der Waals surface area contributed by atoms with Gasteiger partial charge in [0.1, 0.15) is 5.60 Å². The molecule has 2 aromatic carbocycles. The van der Waals surface area contributed by atoms with Crippen LogP contribution in [-0.4, -0.2) is 47.4 Å². The first-order valence-electron chi connectivity index (χ1n) is 11.6. The van der Waals surface area contributed by atoms with Gasteiger partial charge in [-0.05, 0) is 50.0 Å². The molecule has 0 aromatic heterocycles. The molecule has 0 aliphatic carbocycles. The van der Waals surface area contributed by atoms with Crippen molar-refractivity contribution in [2.45, 2.75) is 57.1 Å². The summed E-state index contributed by atoms with van der Waals surface area (Å²) in [5, 5.41) is 8.81. The van der Waals surface area contributed by atoms with Gasteiger partial charge in [0.15, 0.2) is 11.5 Å². The van der Waals surface area contributed by atoms with Crippen LogP contribution in [0.5, 0.6) is 11.5 Å². The molecule has 0 unspecified atom stereocenters. The Labute approximate surface area is 194 Å². The summed E-state index contributed by atoms with van der Waals surface area (Å²) in [5.41, 5.74) is 2.85. The molecular weight excluding hydrogens is 418 g/mol. The van der Waals surface area contributed by atoms with E-state index in [2.05, 4.69) is 36.9 Å². The van der Waals surface area contributed by atoms with Gasteiger partial charge in [0.2, 0.25) is 0 Å². The number of benzene rings is 2. The lowest BCUT2D eigenvalue weighted by Gasteiger charge is -2.51. The largest absolute Gasteiger partial charge is 0.493 e. The van der Waals surface area contributed by atoms with Crippen LogP contribution in [0, 0.1) is 5.92 Å². The Morgan fingerprint density at radius 3 is 2.76 bits per heavy atom. The fraction of sp³-hybridized carbons (Fsp3) is 0.444. The van der Waals surface area contributed by atoms with Crippen LogP contribution >= 0.6 is 0 Å². The van der Waals surface area contributed by atoms with Crippen molar-refractivity contribution in [3.63, 3.8) is 0 Å². The van der Waals surface area contributed by atoms with Crippen LogP contribution in [0.3, 0.4) is 0 Å². The molecular formula is C27H31NO5. The van der Waals surface area contributed by atoms with Gasteiger partial charge in [-0.15, -0.1) is 0 Å². The van der Waals surface area contributed by atoms with Gasteiger partial charge in [-0.25, -0.2) is 4.79 Å². The van der Waals surface area contributed by atoms with Crippen molar-refractivity contribution >= 4 is 12.0 Å². The van der Waals surface area contributed by atoms with Crippen LogP contribution in [-0.2, 0) is 16.1 Å². The minimum absolute atomic E-state index is 0.0142. The van der Waals surface area contributed by atoms with Crippen molar-refractivity contribution in [1.82, 2.24) is 4.90 Å². The maximum absolute atomic E-state index is 10.7. The summed E-state index contributed by atoms with van der Waals surface area (Å²) >= 11 is 0. The van der Waals surface area contributed by atoms with Gasteiger partial charge in [-0.3, -0.25) is 4.90 Å². The molecule has 2 aromatic rings. The monoisotopic (exact) mass is 449 g/mol. The summed E-state index contributed by atoms with van der Waals surface area (Å²) in [6.45, 7) is 6.18. The van der Waals surface area contributed by atoms with Crippen molar-refractivity contribution in [3.05, 3.63) is 65.2 Å². The Bertz CT molecular complexity index is 1060. The molecule has 1 N–H and O–H groups in total. The Hall–Kier alpha value is -2.83. The highest BCUT2D eigenvalue weighted by Crippen LogP contribution is 2.54. The van der Waals surface area contributed by atoms with Crippen molar-refractivity contribution in [2.75, 3.05) is 13.7 Å². The molecule has 33 heavy (non-hydrogen) atoms. The number of hydrogen-bond donors (Lipinski definition) is 1. The van der Waals surface area contributed by atoms with Crippen LogP contribution in [0.25, 0.3) is 6.08 Å². The highest BCUT2D eigenvalue weighted by molar-refractivity contribution is 5.85. The van der Waals surface area contributed by atoms with E-state index in [0.717, 1.165) is 54.6 Å². The predicted octanol–water partition coefficient (Wildman–Crippen LogP) is 4.68. The fourth-order valence-electron chi connectivity index (χ4n) is 5.65. The highest BCUT2D eigenvalue weighted by Gasteiger charge is 2.53. The Kier molecular flexibility index (Phi) is 5.67. The van der Waals surface area contributed by atoms with Crippen LogP contribution in [0.1, 0.15) is 49.5 Å².